The van der Waals surface area contributed by atoms with Gasteiger partial charge in [0.2, 0.25) is 0 Å². The Labute approximate surface area is 141 Å². The Morgan fingerprint density at radius 2 is 2.21 bits per heavy atom. The molecule has 2 saturated heterocycles. The molecule has 0 bridgehead atoms. The van der Waals surface area contributed by atoms with E-state index in [4.69, 9.17) is 9.47 Å². The van der Waals surface area contributed by atoms with Crippen LogP contribution in [-0.2, 0) is 9.53 Å². The van der Waals surface area contributed by atoms with E-state index in [1.807, 2.05) is 13.0 Å². The number of benzene rings is 1. The average Bonchev–Trinajstić information content (AvgIpc) is 3.00. The van der Waals surface area contributed by atoms with Crippen LogP contribution in [0.4, 0.5) is 0 Å². The van der Waals surface area contributed by atoms with Crippen LogP contribution in [0.25, 0.3) is 0 Å². The molecule has 3 rings (SSSR count). The van der Waals surface area contributed by atoms with Crippen molar-refractivity contribution in [3.05, 3.63) is 29.8 Å². The molecule has 24 heavy (non-hydrogen) atoms. The highest BCUT2D eigenvalue weighted by molar-refractivity contribution is 5.97. The molecule has 2 aliphatic heterocycles. The normalized spacial score (nSPS) is 26.0. The zero-order chi connectivity index (χ0) is 17.2. The van der Waals surface area contributed by atoms with Crippen LogP contribution >= 0.6 is 0 Å². The second-order valence-corrected chi connectivity index (χ2v) is 6.53. The maximum Gasteiger partial charge on any atom is 0.314 e. The minimum absolute atomic E-state index is 0.0589. The number of nitrogens with zero attached hydrogens (tertiary/aromatic N) is 1. The third-order valence-electron chi connectivity index (χ3n) is 4.96. The monoisotopic (exact) mass is 333 g/mol. The topological polar surface area (TPSA) is 76.1 Å². The van der Waals surface area contributed by atoms with Crippen molar-refractivity contribution in [2.24, 2.45) is 11.3 Å². The van der Waals surface area contributed by atoms with Crippen LogP contribution in [0.5, 0.6) is 5.75 Å². The van der Waals surface area contributed by atoms with Gasteiger partial charge in [-0.05, 0) is 30.9 Å². The molecule has 2 atom stereocenters. The Bertz CT molecular complexity index is 632. The van der Waals surface area contributed by atoms with E-state index in [9.17, 15) is 14.7 Å². The van der Waals surface area contributed by atoms with E-state index < -0.39 is 11.4 Å². The molecule has 6 nitrogen and oxygen atoms in total. The highest BCUT2D eigenvalue weighted by Gasteiger charge is 2.55. The smallest absolute Gasteiger partial charge is 0.314 e. The lowest BCUT2D eigenvalue weighted by Gasteiger charge is -2.33. The van der Waals surface area contributed by atoms with E-state index in [0.29, 0.717) is 37.5 Å². The predicted octanol–water partition coefficient (Wildman–Crippen LogP) is 2.04. The molecule has 1 aromatic carbocycles. The highest BCUT2D eigenvalue weighted by Crippen LogP contribution is 2.42. The number of rotatable bonds is 5. The van der Waals surface area contributed by atoms with Crippen molar-refractivity contribution in [3.8, 4) is 5.75 Å². The molecule has 1 amide bonds. The van der Waals surface area contributed by atoms with E-state index in [0.717, 1.165) is 6.42 Å². The molecule has 2 aliphatic rings. The SMILES string of the molecule is CCCOc1ccccc1C(=O)N1C[C@@H]2CCOC[C@]2(C(=O)O)C1. The van der Waals surface area contributed by atoms with Crippen molar-refractivity contribution >= 4 is 11.9 Å². The molecule has 1 aromatic rings. The summed E-state index contributed by atoms with van der Waals surface area (Å²) in [7, 11) is 0. The van der Waals surface area contributed by atoms with Crippen LogP contribution < -0.4 is 4.74 Å². The number of carbonyl (C=O) groups excluding carboxylic acids is 1. The number of ether oxygens (including phenoxy) is 2. The fraction of sp³-hybridized carbons (Fsp3) is 0.556. The zero-order valence-electron chi connectivity index (χ0n) is 13.9. The number of hydrogen-bond acceptors (Lipinski definition) is 4. The fourth-order valence-corrected chi connectivity index (χ4v) is 3.60. The molecule has 0 spiro atoms. The van der Waals surface area contributed by atoms with Gasteiger partial charge >= 0.3 is 5.97 Å². The van der Waals surface area contributed by atoms with E-state index in [1.165, 1.54) is 0 Å². The number of para-hydroxylation sites is 1. The van der Waals surface area contributed by atoms with Crippen LogP contribution in [0, 0.1) is 11.3 Å². The van der Waals surface area contributed by atoms with Gasteiger partial charge in [-0.15, -0.1) is 0 Å². The molecular weight excluding hydrogens is 310 g/mol. The number of carboxylic acid groups (broad SMARTS) is 1. The first-order chi connectivity index (χ1) is 11.6. The minimum Gasteiger partial charge on any atom is -0.493 e. The van der Waals surface area contributed by atoms with Crippen molar-refractivity contribution in [1.82, 2.24) is 4.90 Å². The Morgan fingerprint density at radius 1 is 1.42 bits per heavy atom. The minimum atomic E-state index is -0.979. The van der Waals surface area contributed by atoms with Gasteiger partial charge in [-0.1, -0.05) is 19.1 Å². The van der Waals surface area contributed by atoms with Gasteiger partial charge in [0.05, 0.1) is 18.8 Å². The quantitative estimate of drug-likeness (QED) is 0.892. The zero-order valence-corrected chi connectivity index (χ0v) is 13.9. The molecule has 0 aromatic heterocycles. The average molecular weight is 333 g/mol. The largest absolute Gasteiger partial charge is 0.493 e. The molecule has 2 heterocycles. The van der Waals surface area contributed by atoms with Gasteiger partial charge < -0.3 is 19.5 Å². The predicted molar refractivity (Wildman–Crippen MR) is 87.1 cm³/mol. The van der Waals surface area contributed by atoms with Crippen LogP contribution in [0.3, 0.4) is 0 Å². The lowest BCUT2D eigenvalue weighted by molar-refractivity contribution is -0.159. The van der Waals surface area contributed by atoms with Crippen LogP contribution in [0.2, 0.25) is 0 Å². The molecule has 0 saturated carbocycles. The number of aliphatic carboxylic acids is 1. The van der Waals surface area contributed by atoms with E-state index in [1.54, 1.807) is 23.1 Å². The summed E-state index contributed by atoms with van der Waals surface area (Å²) in [6.07, 6.45) is 1.53. The summed E-state index contributed by atoms with van der Waals surface area (Å²) in [5.41, 5.74) is -0.487. The molecule has 0 unspecified atom stereocenters. The number of fused-ring (bicyclic) bond motifs is 1. The van der Waals surface area contributed by atoms with Crippen molar-refractivity contribution in [3.63, 3.8) is 0 Å². The second-order valence-electron chi connectivity index (χ2n) is 6.53. The van der Waals surface area contributed by atoms with Crippen molar-refractivity contribution < 1.29 is 24.2 Å². The van der Waals surface area contributed by atoms with Crippen molar-refractivity contribution in [2.75, 3.05) is 32.9 Å². The standard InChI is InChI=1S/C18H23NO5/c1-2-8-24-15-6-4-3-5-14(15)16(20)19-10-13-7-9-23-12-18(13,11-19)17(21)22/h3-6,13H,2,7-12H2,1H3,(H,21,22)/t13-,18+/m0/s1. The van der Waals surface area contributed by atoms with E-state index in [2.05, 4.69) is 0 Å². The maximum absolute atomic E-state index is 13.0. The van der Waals surface area contributed by atoms with Gasteiger partial charge in [-0.2, -0.15) is 0 Å². The number of amides is 1. The molecule has 6 heteroatoms. The van der Waals surface area contributed by atoms with Crippen LogP contribution in [0.15, 0.2) is 24.3 Å². The molecular formula is C18H23NO5. The van der Waals surface area contributed by atoms with Crippen molar-refractivity contribution in [2.45, 2.75) is 19.8 Å². The fourth-order valence-electron chi connectivity index (χ4n) is 3.60. The summed E-state index contributed by atoms with van der Waals surface area (Å²) >= 11 is 0. The lowest BCUT2D eigenvalue weighted by Crippen LogP contribution is -2.46. The summed E-state index contributed by atoms with van der Waals surface area (Å²) in [6, 6.07) is 7.14. The Morgan fingerprint density at radius 3 is 2.92 bits per heavy atom. The van der Waals surface area contributed by atoms with E-state index >= 15 is 0 Å². The van der Waals surface area contributed by atoms with Gasteiger partial charge in [0.15, 0.2) is 0 Å². The van der Waals surface area contributed by atoms with Crippen molar-refractivity contribution in [1.29, 1.82) is 0 Å². The van der Waals surface area contributed by atoms with Gasteiger partial charge in [-0.3, -0.25) is 9.59 Å². The Kier molecular flexibility index (Phi) is 4.76. The summed E-state index contributed by atoms with van der Waals surface area (Å²) in [5.74, 6) is -0.550. The first kappa shape index (κ1) is 16.8. The third kappa shape index (κ3) is 2.86. The molecule has 2 fully saturated rings. The molecule has 0 radical (unpaired) electrons. The highest BCUT2D eigenvalue weighted by atomic mass is 16.5. The molecule has 0 aliphatic carbocycles. The lowest BCUT2D eigenvalue weighted by atomic mass is 9.76. The van der Waals surface area contributed by atoms with Gasteiger partial charge in [0.1, 0.15) is 11.2 Å². The van der Waals surface area contributed by atoms with Crippen LogP contribution in [0.1, 0.15) is 30.1 Å². The summed E-state index contributed by atoms with van der Waals surface area (Å²) in [4.78, 5) is 26.4. The Hall–Kier alpha value is -2.08. The van der Waals surface area contributed by atoms with E-state index in [-0.39, 0.29) is 25.0 Å². The third-order valence-corrected chi connectivity index (χ3v) is 4.96. The summed E-state index contributed by atoms with van der Waals surface area (Å²) in [5, 5.41) is 9.70. The second kappa shape index (κ2) is 6.81. The summed E-state index contributed by atoms with van der Waals surface area (Å²) < 4.78 is 11.1. The Balaban J connectivity index is 1.83. The number of carbonyl (C=O) groups is 2. The van der Waals surface area contributed by atoms with Gasteiger partial charge in [0.25, 0.3) is 5.91 Å². The van der Waals surface area contributed by atoms with Gasteiger partial charge in [-0.25, -0.2) is 0 Å². The van der Waals surface area contributed by atoms with Crippen LogP contribution in [-0.4, -0.2) is 54.8 Å². The molecule has 130 valence electrons. The first-order valence-electron chi connectivity index (χ1n) is 8.40. The summed E-state index contributed by atoms with van der Waals surface area (Å²) in [6.45, 7) is 3.92. The number of carboxylic acids is 1. The maximum atomic E-state index is 13.0. The first-order valence-corrected chi connectivity index (χ1v) is 8.40. The number of hydrogen-bond donors (Lipinski definition) is 1. The number of likely N-dealkylation sites (tertiary alicyclic amines) is 1. The molecule has 1 N–H and O–H groups in total. The van der Waals surface area contributed by atoms with Gasteiger partial charge in [0, 0.05) is 19.7 Å².